The molecule has 1 aromatic rings. The molecule has 1 atom stereocenters. The summed E-state index contributed by atoms with van der Waals surface area (Å²) in [5.74, 6) is 0. The van der Waals surface area contributed by atoms with Crippen LogP contribution in [0.15, 0.2) is 23.0 Å². The molecule has 0 amide bonds. The van der Waals surface area contributed by atoms with Gasteiger partial charge in [-0.1, -0.05) is 6.92 Å². The minimum Gasteiger partial charge on any atom is -0.472 e. The van der Waals surface area contributed by atoms with Gasteiger partial charge in [0.25, 0.3) is 0 Å². The fourth-order valence-corrected chi connectivity index (χ4v) is 1.10. The summed E-state index contributed by atoms with van der Waals surface area (Å²) < 4.78 is 10.1. The van der Waals surface area contributed by atoms with Crippen molar-refractivity contribution in [2.24, 2.45) is 0 Å². The number of aliphatic hydroxyl groups is 1. The van der Waals surface area contributed by atoms with E-state index >= 15 is 0 Å². The second-order valence-electron chi connectivity index (χ2n) is 3.06. The van der Waals surface area contributed by atoms with Gasteiger partial charge in [-0.15, -0.1) is 0 Å². The van der Waals surface area contributed by atoms with Crippen molar-refractivity contribution in [2.75, 3.05) is 13.2 Å². The Morgan fingerprint density at radius 2 is 2.46 bits per heavy atom. The summed E-state index contributed by atoms with van der Waals surface area (Å²) in [6, 6.07) is 1.85. The number of aliphatic hydroxyl groups excluding tert-OH is 1. The zero-order chi connectivity index (χ0) is 9.52. The molecule has 1 unspecified atom stereocenters. The van der Waals surface area contributed by atoms with E-state index in [0.717, 1.165) is 12.0 Å². The van der Waals surface area contributed by atoms with E-state index in [-0.39, 0.29) is 0 Å². The third-order valence-electron chi connectivity index (χ3n) is 1.71. The van der Waals surface area contributed by atoms with Gasteiger partial charge >= 0.3 is 0 Å². The molecule has 1 rings (SSSR count). The first-order valence-electron chi connectivity index (χ1n) is 4.59. The Morgan fingerprint density at radius 1 is 1.62 bits per heavy atom. The topological polar surface area (TPSA) is 42.6 Å². The molecule has 1 N–H and O–H groups in total. The van der Waals surface area contributed by atoms with Crippen molar-refractivity contribution in [2.45, 2.75) is 25.9 Å². The normalized spacial score (nSPS) is 13.1. The van der Waals surface area contributed by atoms with Crippen LogP contribution in [-0.2, 0) is 11.2 Å². The van der Waals surface area contributed by atoms with Crippen LogP contribution in [0, 0.1) is 0 Å². The maximum atomic E-state index is 9.48. The van der Waals surface area contributed by atoms with Crippen molar-refractivity contribution in [3.63, 3.8) is 0 Å². The molecule has 74 valence electrons. The summed E-state index contributed by atoms with van der Waals surface area (Å²) in [4.78, 5) is 0. The Labute approximate surface area is 78.3 Å². The van der Waals surface area contributed by atoms with Crippen LogP contribution in [-0.4, -0.2) is 24.4 Å². The first-order chi connectivity index (χ1) is 6.33. The first-order valence-corrected chi connectivity index (χ1v) is 4.59. The van der Waals surface area contributed by atoms with E-state index in [1.807, 2.05) is 13.0 Å². The third kappa shape index (κ3) is 4.10. The molecule has 1 heterocycles. The highest BCUT2D eigenvalue weighted by molar-refractivity contribution is 5.06. The van der Waals surface area contributed by atoms with Gasteiger partial charge in [0.15, 0.2) is 0 Å². The quantitative estimate of drug-likeness (QED) is 0.683. The van der Waals surface area contributed by atoms with E-state index in [0.29, 0.717) is 19.6 Å². The molecule has 0 bridgehead atoms. The van der Waals surface area contributed by atoms with Crippen molar-refractivity contribution in [1.82, 2.24) is 0 Å². The Hall–Kier alpha value is -0.800. The van der Waals surface area contributed by atoms with E-state index in [4.69, 9.17) is 9.15 Å². The molecule has 3 nitrogen and oxygen atoms in total. The van der Waals surface area contributed by atoms with Gasteiger partial charge in [0.05, 0.1) is 25.2 Å². The largest absolute Gasteiger partial charge is 0.472 e. The Balaban J connectivity index is 2.14. The molecule has 0 aliphatic rings. The number of hydrogen-bond acceptors (Lipinski definition) is 3. The molecule has 0 radical (unpaired) electrons. The lowest BCUT2D eigenvalue weighted by Crippen LogP contribution is -2.18. The van der Waals surface area contributed by atoms with Crippen LogP contribution < -0.4 is 0 Å². The van der Waals surface area contributed by atoms with Crippen LogP contribution in [0.5, 0.6) is 0 Å². The Morgan fingerprint density at radius 3 is 3.08 bits per heavy atom. The molecule has 1 aromatic heterocycles. The zero-order valence-corrected chi connectivity index (χ0v) is 7.90. The molecular formula is C10H16O3. The van der Waals surface area contributed by atoms with Gasteiger partial charge in [-0.2, -0.15) is 0 Å². The van der Waals surface area contributed by atoms with E-state index < -0.39 is 6.10 Å². The molecule has 3 heteroatoms. The summed E-state index contributed by atoms with van der Waals surface area (Å²) in [5.41, 5.74) is 1.01. The maximum absolute atomic E-state index is 9.48. The zero-order valence-electron chi connectivity index (χ0n) is 7.90. The third-order valence-corrected chi connectivity index (χ3v) is 1.71. The highest BCUT2D eigenvalue weighted by atomic mass is 16.5. The van der Waals surface area contributed by atoms with Gasteiger partial charge in [0.1, 0.15) is 0 Å². The average Bonchev–Trinajstić information content (AvgIpc) is 2.57. The number of hydrogen-bond donors (Lipinski definition) is 1. The fraction of sp³-hybridized carbons (Fsp3) is 0.600. The maximum Gasteiger partial charge on any atom is 0.0935 e. The highest BCUT2D eigenvalue weighted by Crippen LogP contribution is 2.04. The molecule has 13 heavy (non-hydrogen) atoms. The van der Waals surface area contributed by atoms with Gasteiger partial charge in [-0.05, 0) is 18.1 Å². The minimum atomic E-state index is -0.427. The van der Waals surface area contributed by atoms with Crippen LogP contribution in [0.2, 0.25) is 0 Å². The fourth-order valence-electron chi connectivity index (χ4n) is 1.10. The summed E-state index contributed by atoms with van der Waals surface area (Å²) in [7, 11) is 0. The van der Waals surface area contributed by atoms with E-state index in [1.54, 1.807) is 12.5 Å². The van der Waals surface area contributed by atoms with Crippen LogP contribution in [0.25, 0.3) is 0 Å². The molecule has 0 aromatic carbocycles. The van der Waals surface area contributed by atoms with Crippen LogP contribution in [0.4, 0.5) is 0 Å². The van der Waals surface area contributed by atoms with Gasteiger partial charge < -0.3 is 14.3 Å². The second-order valence-corrected chi connectivity index (χ2v) is 3.06. The van der Waals surface area contributed by atoms with Gasteiger partial charge in [-0.25, -0.2) is 0 Å². The standard InChI is InChI=1S/C10H16O3/c1-2-4-12-8-10(11)6-9-3-5-13-7-9/h3,5,7,10-11H,2,4,6,8H2,1H3. The SMILES string of the molecule is CCCOCC(O)Cc1ccoc1. The monoisotopic (exact) mass is 184 g/mol. The predicted molar refractivity (Wildman–Crippen MR) is 49.5 cm³/mol. The molecule has 0 saturated carbocycles. The van der Waals surface area contributed by atoms with Crippen LogP contribution in [0.1, 0.15) is 18.9 Å². The smallest absolute Gasteiger partial charge is 0.0935 e. The minimum absolute atomic E-state index is 0.402. The lowest BCUT2D eigenvalue weighted by molar-refractivity contribution is 0.0373. The molecule has 0 fully saturated rings. The van der Waals surface area contributed by atoms with Crippen molar-refractivity contribution in [3.05, 3.63) is 24.2 Å². The molecular weight excluding hydrogens is 168 g/mol. The number of rotatable bonds is 6. The molecule has 0 aliphatic carbocycles. The molecule has 0 saturated heterocycles. The summed E-state index contributed by atoms with van der Waals surface area (Å²) in [5, 5.41) is 9.48. The van der Waals surface area contributed by atoms with E-state index in [1.165, 1.54) is 0 Å². The van der Waals surface area contributed by atoms with E-state index in [2.05, 4.69) is 0 Å². The van der Waals surface area contributed by atoms with Crippen LogP contribution in [0.3, 0.4) is 0 Å². The molecule has 0 aliphatic heterocycles. The van der Waals surface area contributed by atoms with Gasteiger partial charge in [0.2, 0.25) is 0 Å². The van der Waals surface area contributed by atoms with Gasteiger partial charge in [0, 0.05) is 13.0 Å². The summed E-state index contributed by atoms with van der Waals surface area (Å²) >= 11 is 0. The van der Waals surface area contributed by atoms with Crippen molar-refractivity contribution >= 4 is 0 Å². The lowest BCUT2D eigenvalue weighted by Gasteiger charge is -2.08. The lowest BCUT2D eigenvalue weighted by atomic mass is 10.1. The highest BCUT2D eigenvalue weighted by Gasteiger charge is 2.05. The molecule has 0 spiro atoms. The second kappa shape index (κ2) is 5.78. The average molecular weight is 184 g/mol. The Bertz CT molecular complexity index is 206. The van der Waals surface area contributed by atoms with Crippen LogP contribution >= 0.6 is 0 Å². The summed E-state index contributed by atoms with van der Waals surface area (Å²) in [6.45, 7) is 3.16. The predicted octanol–water partition coefficient (Wildman–Crippen LogP) is 1.61. The Kier molecular flexibility index (Phi) is 4.57. The van der Waals surface area contributed by atoms with E-state index in [9.17, 15) is 5.11 Å². The number of ether oxygens (including phenoxy) is 1. The van der Waals surface area contributed by atoms with Crippen molar-refractivity contribution < 1.29 is 14.3 Å². The summed E-state index contributed by atoms with van der Waals surface area (Å²) in [6.07, 6.45) is 4.40. The first kappa shape index (κ1) is 10.3. The van der Waals surface area contributed by atoms with Crippen molar-refractivity contribution in [1.29, 1.82) is 0 Å². The van der Waals surface area contributed by atoms with Crippen molar-refractivity contribution in [3.8, 4) is 0 Å². The van der Waals surface area contributed by atoms with Gasteiger partial charge in [-0.3, -0.25) is 0 Å². The number of furan rings is 1.